The van der Waals surface area contributed by atoms with Gasteiger partial charge in [-0.2, -0.15) is 0 Å². The van der Waals surface area contributed by atoms with E-state index in [-0.39, 0.29) is 17.7 Å². The fourth-order valence-electron chi connectivity index (χ4n) is 2.82. The highest BCUT2D eigenvalue weighted by Gasteiger charge is 2.29. The van der Waals surface area contributed by atoms with Crippen LogP contribution in [0.2, 0.25) is 0 Å². The number of nitrogens with one attached hydrogen (secondary N) is 1. The number of hydrogen-bond donors (Lipinski definition) is 1. The first-order valence-corrected chi connectivity index (χ1v) is 7.90. The molecule has 1 unspecified atom stereocenters. The lowest BCUT2D eigenvalue weighted by molar-refractivity contribution is -0.126. The van der Waals surface area contributed by atoms with E-state index in [0.717, 1.165) is 41.1 Å². The van der Waals surface area contributed by atoms with Crippen LogP contribution in [0.4, 0.5) is 0 Å². The molecule has 1 atom stereocenters. The van der Waals surface area contributed by atoms with E-state index in [1.807, 2.05) is 24.8 Å². The molecule has 0 aromatic carbocycles. The first kappa shape index (κ1) is 15.2. The van der Waals surface area contributed by atoms with Gasteiger partial charge in [-0.15, -0.1) is 11.3 Å². The van der Waals surface area contributed by atoms with Crippen LogP contribution in [0.3, 0.4) is 0 Å². The predicted octanol–water partition coefficient (Wildman–Crippen LogP) is 2.15. The van der Waals surface area contributed by atoms with Gasteiger partial charge in [0, 0.05) is 22.4 Å². The molecule has 110 valence electrons. The van der Waals surface area contributed by atoms with E-state index in [2.05, 4.69) is 5.32 Å². The van der Waals surface area contributed by atoms with Crippen molar-refractivity contribution in [1.29, 1.82) is 0 Å². The van der Waals surface area contributed by atoms with Gasteiger partial charge in [-0.25, -0.2) is 0 Å². The van der Waals surface area contributed by atoms with Crippen molar-refractivity contribution >= 4 is 23.0 Å². The van der Waals surface area contributed by atoms with E-state index in [9.17, 15) is 9.59 Å². The molecule has 2 rings (SSSR count). The van der Waals surface area contributed by atoms with Crippen LogP contribution in [0.5, 0.6) is 0 Å². The van der Waals surface area contributed by atoms with Gasteiger partial charge in [-0.3, -0.25) is 14.5 Å². The number of piperidine rings is 1. The molecule has 1 aliphatic heterocycles. The van der Waals surface area contributed by atoms with E-state index in [1.165, 1.54) is 0 Å². The third-order valence-corrected chi connectivity index (χ3v) is 4.82. The molecule has 0 aliphatic carbocycles. The molecule has 1 aliphatic rings. The average molecular weight is 294 g/mol. The van der Waals surface area contributed by atoms with Crippen LogP contribution in [0.1, 0.15) is 39.4 Å². The Kier molecular flexibility index (Phi) is 4.94. The third-order valence-electron chi connectivity index (χ3n) is 3.85. The van der Waals surface area contributed by atoms with Gasteiger partial charge in [0.1, 0.15) is 0 Å². The number of thiophene rings is 1. The molecule has 4 nitrogen and oxygen atoms in total. The highest BCUT2D eigenvalue weighted by Crippen LogP contribution is 2.23. The van der Waals surface area contributed by atoms with E-state index >= 15 is 0 Å². The van der Waals surface area contributed by atoms with Crippen LogP contribution in [0.15, 0.2) is 6.07 Å². The Morgan fingerprint density at radius 3 is 2.75 bits per heavy atom. The van der Waals surface area contributed by atoms with Crippen LogP contribution in [0, 0.1) is 13.8 Å². The van der Waals surface area contributed by atoms with Crippen molar-refractivity contribution in [3.05, 3.63) is 21.4 Å². The van der Waals surface area contributed by atoms with Crippen molar-refractivity contribution in [3.63, 3.8) is 0 Å². The molecule has 5 heteroatoms. The molecule has 0 spiro atoms. The summed E-state index contributed by atoms with van der Waals surface area (Å²) in [4.78, 5) is 28.6. The number of nitrogens with zero attached hydrogens (tertiary/aromatic N) is 1. The largest absolute Gasteiger partial charge is 0.358 e. The standard InChI is InChI=1S/C15H22N2O2S/c1-10-8-12(11(2)20-10)14(18)9-17-7-5-4-6-13(17)15(19)16-3/h8,13H,4-7,9H2,1-3H3,(H,16,19). The minimum atomic E-state index is -0.155. The van der Waals surface area contributed by atoms with Gasteiger partial charge >= 0.3 is 0 Å². The Morgan fingerprint density at radius 1 is 1.40 bits per heavy atom. The summed E-state index contributed by atoms with van der Waals surface area (Å²) in [7, 11) is 1.66. The first-order valence-electron chi connectivity index (χ1n) is 7.08. The third kappa shape index (κ3) is 3.27. The number of carbonyl (C=O) groups is 2. The highest BCUT2D eigenvalue weighted by atomic mass is 32.1. The maximum atomic E-state index is 12.4. The summed E-state index contributed by atoms with van der Waals surface area (Å²) in [6.07, 6.45) is 2.95. The molecule has 0 bridgehead atoms. The van der Waals surface area contributed by atoms with Gasteiger partial charge in [0.25, 0.3) is 0 Å². The van der Waals surface area contributed by atoms with E-state index in [4.69, 9.17) is 0 Å². The Hall–Kier alpha value is -1.20. The molecule has 1 amide bonds. The number of aryl methyl sites for hydroxylation is 2. The van der Waals surface area contributed by atoms with Crippen molar-refractivity contribution < 1.29 is 9.59 Å². The summed E-state index contributed by atoms with van der Waals surface area (Å²) in [5.41, 5.74) is 0.814. The fraction of sp³-hybridized carbons (Fsp3) is 0.600. The zero-order valence-corrected chi connectivity index (χ0v) is 13.2. The second-order valence-corrected chi connectivity index (χ2v) is 6.81. The highest BCUT2D eigenvalue weighted by molar-refractivity contribution is 7.12. The maximum absolute atomic E-state index is 12.4. The van der Waals surface area contributed by atoms with E-state index in [1.54, 1.807) is 18.4 Å². The zero-order valence-electron chi connectivity index (χ0n) is 12.4. The van der Waals surface area contributed by atoms with Gasteiger partial charge in [-0.1, -0.05) is 6.42 Å². The Labute approximate surface area is 124 Å². The van der Waals surface area contributed by atoms with Gasteiger partial charge < -0.3 is 5.32 Å². The number of Topliss-reactive ketones (excluding diaryl/α,β-unsaturated/α-hetero) is 1. The normalized spacial score (nSPS) is 19.9. The molecule has 0 saturated carbocycles. The Morgan fingerprint density at radius 2 is 2.15 bits per heavy atom. The van der Waals surface area contributed by atoms with Gasteiger partial charge in [0.05, 0.1) is 12.6 Å². The lowest BCUT2D eigenvalue weighted by Gasteiger charge is -2.33. The molecular formula is C15H22N2O2S. The SMILES string of the molecule is CNC(=O)C1CCCCN1CC(=O)c1cc(C)sc1C. The topological polar surface area (TPSA) is 49.4 Å². The summed E-state index contributed by atoms with van der Waals surface area (Å²) >= 11 is 1.65. The molecule has 0 radical (unpaired) electrons. The lowest BCUT2D eigenvalue weighted by atomic mass is 10.00. The van der Waals surface area contributed by atoms with Crippen LogP contribution in [-0.2, 0) is 4.79 Å². The van der Waals surface area contributed by atoms with Crippen molar-refractivity contribution in [2.45, 2.75) is 39.2 Å². The summed E-state index contributed by atoms with van der Waals surface area (Å²) < 4.78 is 0. The second kappa shape index (κ2) is 6.50. The number of hydrogen-bond acceptors (Lipinski definition) is 4. The molecular weight excluding hydrogens is 272 g/mol. The Bertz CT molecular complexity index is 510. The number of likely N-dealkylation sites (tertiary alicyclic amines) is 1. The molecule has 20 heavy (non-hydrogen) atoms. The number of ketones is 1. The maximum Gasteiger partial charge on any atom is 0.237 e. The Balaban J connectivity index is 2.08. The fourth-order valence-corrected chi connectivity index (χ4v) is 3.76. The summed E-state index contributed by atoms with van der Waals surface area (Å²) in [5, 5.41) is 2.70. The quantitative estimate of drug-likeness (QED) is 0.866. The molecule has 1 aromatic heterocycles. The molecule has 1 saturated heterocycles. The first-order chi connectivity index (χ1) is 9.52. The van der Waals surface area contributed by atoms with Gasteiger partial charge in [0.2, 0.25) is 5.91 Å². The van der Waals surface area contributed by atoms with Crippen molar-refractivity contribution in [2.24, 2.45) is 0 Å². The number of rotatable bonds is 4. The van der Waals surface area contributed by atoms with E-state index < -0.39 is 0 Å². The van der Waals surface area contributed by atoms with Gasteiger partial charge in [0.15, 0.2) is 5.78 Å². The van der Waals surface area contributed by atoms with Crippen molar-refractivity contribution in [1.82, 2.24) is 10.2 Å². The average Bonchev–Trinajstić information content (AvgIpc) is 2.77. The molecule has 1 aromatic rings. The van der Waals surface area contributed by atoms with Gasteiger partial charge in [-0.05, 0) is 39.3 Å². The molecule has 1 N–H and O–H groups in total. The van der Waals surface area contributed by atoms with Crippen LogP contribution in [-0.4, -0.2) is 42.8 Å². The van der Waals surface area contributed by atoms with Crippen molar-refractivity contribution in [2.75, 3.05) is 20.1 Å². The minimum Gasteiger partial charge on any atom is -0.358 e. The summed E-state index contributed by atoms with van der Waals surface area (Å²) in [6.45, 7) is 5.17. The second-order valence-electron chi connectivity index (χ2n) is 5.35. The molecule has 1 fully saturated rings. The predicted molar refractivity (Wildman–Crippen MR) is 81.4 cm³/mol. The molecule has 2 heterocycles. The number of amides is 1. The van der Waals surface area contributed by atoms with Crippen molar-refractivity contribution in [3.8, 4) is 0 Å². The van der Waals surface area contributed by atoms with E-state index in [0.29, 0.717) is 6.54 Å². The summed E-state index contributed by atoms with van der Waals surface area (Å²) in [6, 6.07) is 1.80. The van der Waals surface area contributed by atoms with Crippen LogP contribution >= 0.6 is 11.3 Å². The lowest BCUT2D eigenvalue weighted by Crippen LogP contribution is -2.50. The number of carbonyl (C=O) groups excluding carboxylic acids is 2. The minimum absolute atomic E-state index is 0.0238. The number of likely N-dealkylation sites (N-methyl/N-ethyl adjacent to an activating group) is 1. The zero-order chi connectivity index (χ0) is 14.7. The van der Waals surface area contributed by atoms with Crippen LogP contribution < -0.4 is 5.32 Å². The smallest absolute Gasteiger partial charge is 0.237 e. The monoisotopic (exact) mass is 294 g/mol. The van der Waals surface area contributed by atoms with Crippen LogP contribution in [0.25, 0.3) is 0 Å². The summed E-state index contributed by atoms with van der Waals surface area (Å²) in [5.74, 6) is 0.151.